The number of nitrogens with one attached hydrogen (secondary N) is 1. The third-order valence-corrected chi connectivity index (χ3v) is 7.22. The predicted octanol–water partition coefficient (Wildman–Crippen LogP) is 1.64. The fourth-order valence-electron chi connectivity index (χ4n) is 5.00. The van der Waals surface area contributed by atoms with Crippen LogP contribution in [0.15, 0.2) is 18.2 Å². The molecule has 7 nitrogen and oxygen atoms in total. The van der Waals surface area contributed by atoms with Gasteiger partial charge in [0.05, 0.1) is 0 Å². The normalized spacial score (nSPS) is 23.6. The Balaban J connectivity index is 1.39. The highest BCUT2D eigenvalue weighted by Gasteiger charge is 2.39. The molecule has 1 aromatic rings. The Morgan fingerprint density at radius 2 is 1.87 bits per heavy atom. The van der Waals surface area contributed by atoms with E-state index < -0.39 is 6.04 Å². The van der Waals surface area contributed by atoms with Crippen molar-refractivity contribution < 1.29 is 14.4 Å². The largest absolute Gasteiger partial charge is 0.330 e. The van der Waals surface area contributed by atoms with Gasteiger partial charge in [0, 0.05) is 25.1 Å². The molecule has 7 heteroatoms. The maximum absolute atomic E-state index is 13.0. The van der Waals surface area contributed by atoms with Crippen molar-refractivity contribution >= 4 is 17.7 Å². The van der Waals surface area contributed by atoms with Crippen LogP contribution in [-0.4, -0.2) is 53.2 Å². The van der Waals surface area contributed by atoms with Gasteiger partial charge in [-0.15, -0.1) is 0 Å². The van der Waals surface area contributed by atoms with Crippen LogP contribution in [0.4, 0.5) is 0 Å². The van der Waals surface area contributed by atoms with Crippen LogP contribution < -0.4 is 11.1 Å². The summed E-state index contributed by atoms with van der Waals surface area (Å²) in [5.41, 5.74) is 8.91. The number of hydrogen-bond donors (Lipinski definition) is 2. The number of hydrogen-bond acceptors (Lipinski definition) is 5. The molecule has 3 heterocycles. The van der Waals surface area contributed by atoms with E-state index in [-0.39, 0.29) is 29.6 Å². The number of fused-ring (bicyclic) bond motifs is 1. The average Bonchev–Trinajstić information content (AvgIpc) is 3.04. The van der Waals surface area contributed by atoms with Crippen molar-refractivity contribution in [2.45, 2.75) is 58.7 Å². The Kier molecular flexibility index (Phi) is 5.68. The molecule has 3 amide bonds. The average molecular weight is 413 g/mol. The second-order valence-electron chi connectivity index (χ2n) is 9.63. The zero-order valence-electron chi connectivity index (χ0n) is 17.9. The standard InChI is InChI=1S/C23H32N4O3/c1-23(2,14-24)17-7-9-26(10-8-17)12-15-3-4-16-13-27(22(30)18(16)11-15)19-5-6-20(28)25-21(19)29/h3-4,11,17,19H,5-10,12-14,24H2,1-2H3,(H,25,28,29). The highest BCUT2D eigenvalue weighted by molar-refractivity contribution is 6.05. The van der Waals surface area contributed by atoms with Gasteiger partial charge in [-0.2, -0.15) is 0 Å². The van der Waals surface area contributed by atoms with Crippen molar-refractivity contribution in [3.8, 4) is 0 Å². The van der Waals surface area contributed by atoms with Crippen LogP contribution in [0.2, 0.25) is 0 Å². The summed E-state index contributed by atoms with van der Waals surface area (Å²) in [5.74, 6) is -0.0793. The van der Waals surface area contributed by atoms with Crippen LogP contribution in [0.3, 0.4) is 0 Å². The van der Waals surface area contributed by atoms with E-state index in [4.69, 9.17) is 5.73 Å². The van der Waals surface area contributed by atoms with E-state index in [1.54, 1.807) is 4.90 Å². The van der Waals surface area contributed by atoms with E-state index in [9.17, 15) is 14.4 Å². The number of nitrogens with two attached hydrogens (primary N) is 1. The summed E-state index contributed by atoms with van der Waals surface area (Å²) in [7, 11) is 0. The van der Waals surface area contributed by atoms with Crippen LogP contribution >= 0.6 is 0 Å². The lowest BCUT2D eigenvalue weighted by Crippen LogP contribution is -2.52. The van der Waals surface area contributed by atoms with Crippen LogP contribution in [-0.2, 0) is 22.7 Å². The number of imide groups is 1. The molecule has 0 aliphatic carbocycles. The smallest absolute Gasteiger partial charge is 0.255 e. The second kappa shape index (κ2) is 8.12. The first-order valence-electron chi connectivity index (χ1n) is 11.0. The molecule has 0 aromatic heterocycles. The Labute approximate surface area is 178 Å². The number of carbonyl (C=O) groups is 3. The van der Waals surface area contributed by atoms with Crippen LogP contribution in [0.1, 0.15) is 61.0 Å². The topological polar surface area (TPSA) is 95.7 Å². The Morgan fingerprint density at radius 1 is 1.13 bits per heavy atom. The van der Waals surface area contributed by atoms with E-state index in [1.165, 1.54) is 0 Å². The summed E-state index contributed by atoms with van der Waals surface area (Å²) >= 11 is 0. The highest BCUT2D eigenvalue weighted by Crippen LogP contribution is 2.35. The van der Waals surface area contributed by atoms with Crippen LogP contribution in [0.5, 0.6) is 0 Å². The molecule has 0 spiro atoms. The molecule has 0 radical (unpaired) electrons. The molecule has 3 N–H and O–H groups in total. The molecule has 0 saturated carbocycles. The number of carbonyl (C=O) groups excluding carboxylic acids is 3. The summed E-state index contributed by atoms with van der Waals surface area (Å²) in [5, 5.41) is 2.35. The lowest BCUT2D eigenvalue weighted by Gasteiger charge is -2.40. The Bertz CT molecular complexity index is 858. The minimum absolute atomic E-state index is 0.107. The van der Waals surface area contributed by atoms with E-state index in [0.29, 0.717) is 31.0 Å². The molecule has 1 atom stereocenters. The van der Waals surface area contributed by atoms with E-state index >= 15 is 0 Å². The van der Waals surface area contributed by atoms with Crippen molar-refractivity contribution in [3.05, 3.63) is 34.9 Å². The third-order valence-electron chi connectivity index (χ3n) is 7.22. The molecule has 1 aromatic carbocycles. The van der Waals surface area contributed by atoms with Gasteiger partial charge in [-0.05, 0) is 67.4 Å². The zero-order chi connectivity index (χ0) is 21.5. The van der Waals surface area contributed by atoms with Gasteiger partial charge in [-0.25, -0.2) is 0 Å². The predicted molar refractivity (Wildman–Crippen MR) is 113 cm³/mol. The first-order chi connectivity index (χ1) is 14.3. The Morgan fingerprint density at radius 3 is 2.53 bits per heavy atom. The maximum Gasteiger partial charge on any atom is 0.255 e. The lowest BCUT2D eigenvalue weighted by atomic mass is 9.74. The monoisotopic (exact) mass is 412 g/mol. The summed E-state index contributed by atoms with van der Waals surface area (Å²) < 4.78 is 0. The molecule has 3 aliphatic heterocycles. The quantitative estimate of drug-likeness (QED) is 0.717. The molecule has 0 bridgehead atoms. The van der Waals surface area contributed by atoms with Crippen molar-refractivity contribution in [3.63, 3.8) is 0 Å². The number of rotatable bonds is 5. The zero-order valence-corrected chi connectivity index (χ0v) is 17.9. The first kappa shape index (κ1) is 21.0. The number of benzene rings is 1. The number of amides is 3. The summed E-state index contributed by atoms with van der Waals surface area (Å²) in [4.78, 5) is 40.7. The first-order valence-corrected chi connectivity index (χ1v) is 11.0. The van der Waals surface area contributed by atoms with Gasteiger partial charge >= 0.3 is 0 Å². The van der Waals surface area contributed by atoms with Crippen molar-refractivity contribution in [2.75, 3.05) is 19.6 Å². The van der Waals surface area contributed by atoms with Gasteiger partial charge < -0.3 is 10.6 Å². The summed E-state index contributed by atoms with van der Waals surface area (Å²) in [6, 6.07) is 5.53. The molecule has 4 rings (SSSR count). The molecule has 3 aliphatic rings. The summed E-state index contributed by atoms with van der Waals surface area (Å²) in [6.45, 7) is 8.58. The molecule has 162 valence electrons. The molecular formula is C23H32N4O3. The third kappa shape index (κ3) is 4.01. The lowest BCUT2D eigenvalue weighted by molar-refractivity contribution is -0.136. The van der Waals surface area contributed by atoms with Gasteiger partial charge in [0.2, 0.25) is 11.8 Å². The minimum atomic E-state index is -0.559. The van der Waals surface area contributed by atoms with Gasteiger partial charge in [0.25, 0.3) is 5.91 Å². The van der Waals surface area contributed by atoms with Gasteiger partial charge in [-0.1, -0.05) is 26.0 Å². The molecular weight excluding hydrogens is 380 g/mol. The summed E-state index contributed by atoms with van der Waals surface area (Å²) in [6.07, 6.45) is 2.97. The molecule has 30 heavy (non-hydrogen) atoms. The fourth-order valence-corrected chi connectivity index (χ4v) is 5.00. The van der Waals surface area contributed by atoms with Crippen LogP contribution in [0, 0.1) is 11.3 Å². The van der Waals surface area contributed by atoms with E-state index in [2.05, 4.69) is 30.1 Å². The minimum Gasteiger partial charge on any atom is -0.330 e. The molecule has 1 unspecified atom stereocenters. The van der Waals surface area contributed by atoms with Crippen molar-refractivity contribution in [1.82, 2.24) is 15.1 Å². The van der Waals surface area contributed by atoms with Gasteiger partial charge in [0.15, 0.2) is 0 Å². The number of nitrogens with zero attached hydrogens (tertiary/aromatic N) is 2. The van der Waals surface area contributed by atoms with E-state index in [1.807, 2.05) is 12.1 Å². The SMILES string of the molecule is CC(C)(CN)C1CCN(Cc2ccc3c(c2)C(=O)N(C2CCC(=O)NC2=O)C3)CC1. The Hall–Kier alpha value is -2.25. The maximum atomic E-state index is 13.0. The fraction of sp³-hybridized carbons (Fsp3) is 0.609. The molecule has 2 fully saturated rings. The van der Waals surface area contributed by atoms with Gasteiger partial charge in [-0.3, -0.25) is 24.6 Å². The van der Waals surface area contributed by atoms with E-state index in [0.717, 1.165) is 43.6 Å². The van der Waals surface area contributed by atoms with Crippen molar-refractivity contribution in [2.24, 2.45) is 17.1 Å². The number of likely N-dealkylation sites (tertiary alicyclic amines) is 1. The molecule has 2 saturated heterocycles. The van der Waals surface area contributed by atoms with Crippen molar-refractivity contribution in [1.29, 1.82) is 0 Å². The second-order valence-corrected chi connectivity index (χ2v) is 9.63. The highest BCUT2D eigenvalue weighted by atomic mass is 16.2. The number of piperidine rings is 2. The van der Waals surface area contributed by atoms with Gasteiger partial charge in [0.1, 0.15) is 6.04 Å². The van der Waals surface area contributed by atoms with Crippen LogP contribution in [0.25, 0.3) is 0 Å².